The third-order valence-corrected chi connectivity index (χ3v) is 2.15. The molecule has 0 aromatic heterocycles. The van der Waals surface area contributed by atoms with Crippen LogP contribution in [0.3, 0.4) is 0 Å². The van der Waals surface area contributed by atoms with Crippen molar-refractivity contribution in [2.24, 2.45) is 0 Å². The molecular formula is C10H15N3O3. The number of aliphatic hydroxyl groups is 1. The second-order valence-corrected chi connectivity index (χ2v) is 3.47. The van der Waals surface area contributed by atoms with Gasteiger partial charge in [-0.25, -0.2) is 0 Å². The van der Waals surface area contributed by atoms with E-state index in [9.17, 15) is 10.1 Å². The van der Waals surface area contributed by atoms with E-state index in [1.807, 2.05) is 0 Å². The van der Waals surface area contributed by atoms with Gasteiger partial charge in [0, 0.05) is 24.8 Å². The summed E-state index contributed by atoms with van der Waals surface area (Å²) in [6.07, 6.45) is 0. The van der Waals surface area contributed by atoms with E-state index >= 15 is 0 Å². The van der Waals surface area contributed by atoms with Gasteiger partial charge in [0.25, 0.3) is 5.69 Å². The molecule has 3 N–H and O–H groups in total. The van der Waals surface area contributed by atoms with Crippen LogP contribution in [-0.2, 0) is 0 Å². The summed E-state index contributed by atoms with van der Waals surface area (Å²) in [5, 5.41) is 25.4. The number of nitro benzene ring substituents is 1. The Morgan fingerprint density at radius 3 is 2.75 bits per heavy atom. The maximum atomic E-state index is 10.8. The number of hydrogen-bond donors (Lipinski definition) is 3. The van der Waals surface area contributed by atoms with Gasteiger partial charge in [0.05, 0.1) is 11.5 Å². The molecule has 6 heteroatoms. The monoisotopic (exact) mass is 225 g/mol. The Hall–Kier alpha value is -1.82. The topological polar surface area (TPSA) is 87.4 Å². The molecule has 1 aromatic carbocycles. The van der Waals surface area contributed by atoms with Gasteiger partial charge < -0.3 is 15.7 Å². The Bertz CT molecular complexity index is 382. The van der Waals surface area contributed by atoms with Crippen molar-refractivity contribution in [1.82, 2.24) is 0 Å². The van der Waals surface area contributed by atoms with Crippen LogP contribution in [0.2, 0.25) is 0 Å². The van der Waals surface area contributed by atoms with Crippen molar-refractivity contribution in [3.8, 4) is 0 Å². The van der Waals surface area contributed by atoms with E-state index in [4.69, 9.17) is 5.11 Å². The van der Waals surface area contributed by atoms with Gasteiger partial charge >= 0.3 is 0 Å². The largest absolute Gasteiger partial charge is 0.394 e. The lowest BCUT2D eigenvalue weighted by Gasteiger charge is -2.12. The first-order valence-corrected chi connectivity index (χ1v) is 4.92. The minimum atomic E-state index is -0.444. The predicted octanol–water partition coefficient (Wildman–Crippen LogP) is 1.43. The van der Waals surface area contributed by atoms with E-state index in [1.54, 1.807) is 26.1 Å². The summed E-state index contributed by atoms with van der Waals surface area (Å²) >= 11 is 0. The van der Waals surface area contributed by atoms with Crippen molar-refractivity contribution in [1.29, 1.82) is 0 Å². The molecule has 0 heterocycles. The molecule has 0 saturated heterocycles. The molecule has 1 atom stereocenters. The van der Waals surface area contributed by atoms with Crippen molar-refractivity contribution in [3.63, 3.8) is 0 Å². The maximum Gasteiger partial charge on any atom is 0.294 e. The normalized spacial score (nSPS) is 11.9. The summed E-state index contributed by atoms with van der Waals surface area (Å²) in [5.74, 6) is 0. The number of nitro groups is 1. The fraction of sp³-hybridized carbons (Fsp3) is 0.400. The lowest BCUT2D eigenvalue weighted by atomic mass is 10.2. The molecule has 1 aromatic rings. The third-order valence-electron chi connectivity index (χ3n) is 2.15. The second kappa shape index (κ2) is 5.32. The fourth-order valence-electron chi connectivity index (χ4n) is 1.31. The van der Waals surface area contributed by atoms with Crippen LogP contribution in [0, 0.1) is 10.1 Å². The molecule has 16 heavy (non-hydrogen) atoms. The van der Waals surface area contributed by atoms with Crippen LogP contribution in [-0.4, -0.2) is 29.7 Å². The van der Waals surface area contributed by atoms with Gasteiger partial charge in [-0.15, -0.1) is 0 Å². The highest BCUT2D eigenvalue weighted by atomic mass is 16.6. The van der Waals surface area contributed by atoms with Crippen LogP contribution in [0.5, 0.6) is 0 Å². The first-order chi connectivity index (χ1) is 7.58. The van der Waals surface area contributed by atoms with Crippen molar-refractivity contribution in [2.75, 3.05) is 24.3 Å². The Kier molecular flexibility index (Phi) is 4.07. The number of rotatable bonds is 5. The molecule has 0 bridgehead atoms. The molecule has 0 amide bonds. The average Bonchev–Trinajstić information content (AvgIpc) is 2.28. The Labute approximate surface area is 93.4 Å². The summed E-state index contributed by atoms with van der Waals surface area (Å²) < 4.78 is 0. The second-order valence-electron chi connectivity index (χ2n) is 3.47. The van der Waals surface area contributed by atoms with E-state index in [2.05, 4.69) is 10.6 Å². The predicted molar refractivity (Wildman–Crippen MR) is 62.8 cm³/mol. The number of nitrogens with one attached hydrogen (secondary N) is 2. The van der Waals surface area contributed by atoms with Crippen molar-refractivity contribution in [3.05, 3.63) is 28.3 Å². The summed E-state index contributed by atoms with van der Waals surface area (Å²) in [5.41, 5.74) is 1.09. The number of anilines is 2. The lowest BCUT2D eigenvalue weighted by Crippen LogP contribution is -2.19. The van der Waals surface area contributed by atoms with E-state index < -0.39 is 4.92 Å². The first-order valence-electron chi connectivity index (χ1n) is 4.92. The highest BCUT2D eigenvalue weighted by molar-refractivity contribution is 5.67. The van der Waals surface area contributed by atoms with Crippen LogP contribution < -0.4 is 10.6 Å². The first kappa shape index (κ1) is 12.3. The zero-order chi connectivity index (χ0) is 12.1. The molecule has 0 radical (unpaired) electrons. The number of hydrogen-bond acceptors (Lipinski definition) is 5. The summed E-state index contributed by atoms with van der Waals surface area (Å²) in [7, 11) is 1.63. The van der Waals surface area contributed by atoms with Crippen LogP contribution in [0.25, 0.3) is 0 Å². The van der Waals surface area contributed by atoms with Crippen LogP contribution >= 0.6 is 0 Å². The van der Waals surface area contributed by atoms with E-state index in [-0.39, 0.29) is 18.3 Å². The number of aliphatic hydroxyl groups excluding tert-OH is 1. The van der Waals surface area contributed by atoms with Crippen LogP contribution in [0.1, 0.15) is 6.92 Å². The smallest absolute Gasteiger partial charge is 0.294 e. The molecule has 6 nitrogen and oxygen atoms in total. The zero-order valence-corrected chi connectivity index (χ0v) is 9.23. The summed E-state index contributed by atoms with van der Waals surface area (Å²) in [6.45, 7) is 1.76. The van der Waals surface area contributed by atoms with E-state index in [1.165, 1.54) is 6.07 Å². The Morgan fingerprint density at radius 1 is 1.56 bits per heavy atom. The summed E-state index contributed by atoms with van der Waals surface area (Å²) in [4.78, 5) is 10.3. The Morgan fingerprint density at radius 2 is 2.25 bits per heavy atom. The molecule has 1 unspecified atom stereocenters. The van der Waals surface area contributed by atoms with Crippen LogP contribution in [0.4, 0.5) is 17.1 Å². The van der Waals surface area contributed by atoms with E-state index in [0.29, 0.717) is 11.4 Å². The molecule has 0 aliphatic rings. The maximum absolute atomic E-state index is 10.8. The minimum absolute atomic E-state index is 0.0117. The highest BCUT2D eigenvalue weighted by Gasteiger charge is 2.13. The molecule has 0 saturated carbocycles. The third kappa shape index (κ3) is 2.83. The van der Waals surface area contributed by atoms with Gasteiger partial charge in [0.1, 0.15) is 5.69 Å². The van der Waals surface area contributed by atoms with E-state index in [0.717, 1.165) is 0 Å². The molecule has 0 fully saturated rings. The quantitative estimate of drug-likeness (QED) is 0.521. The average molecular weight is 225 g/mol. The van der Waals surface area contributed by atoms with Gasteiger partial charge in [-0.2, -0.15) is 0 Å². The number of nitrogens with zero attached hydrogens (tertiary/aromatic N) is 1. The Balaban J connectivity index is 2.97. The van der Waals surface area contributed by atoms with Gasteiger partial charge in [-0.1, -0.05) is 0 Å². The molecule has 1 rings (SSSR count). The molecule has 0 aliphatic heterocycles. The summed E-state index contributed by atoms with van der Waals surface area (Å²) in [6, 6.07) is 4.66. The standard InChI is InChI=1S/C10H15N3O3/c1-7(6-14)12-8-3-4-9(11-2)10(5-8)13(15)16/h3-5,7,11-12,14H,6H2,1-2H3. The minimum Gasteiger partial charge on any atom is -0.394 e. The van der Waals surface area contributed by atoms with Gasteiger partial charge in [-0.05, 0) is 19.1 Å². The van der Waals surface area contributed by atoms with Gasteiger partial charge in [0.15, 0.2) is 0 Å². The molecular weight excluding hydrogens is 210 g/mol. The zero-order valence-electron chi connectivity index (χ0n) is 9.23. The van der Waals surface area contributed by atoms with Gasteiger partial charge in [0.2, 0.25) is 0 Å². The molecule has 0 spiro atoms. The highest BCUT2D eigenvalue weighted by Crippen LogP contribution is 2.27. The fourth-order valence-corrected chi connectivity index (χ4v) is 1.31. The van der Waals surface area contributed by atoms with Gasteiger partial charge in [-0.3, -0.25) is 10.1 Å². The van der Waals surface area contributed by atoms with Crippen molar-refractivity contribution >= 4 is 17.1 Å². The lowest BCUT2D eigenvalue weighted by molar-refractivity contribution is -0.383. The van der Waals surface area contributed by atoms with Crippen LogP contribution in [0.15, 0.2) is 18.2 Å². The number of benzene rings is 1. The van der Waals surface area contributed by atoms with Crippen molar-refractivity contribution in [2.45, 2.75) is 13.0 Å². The molecule has 0 aliphatic carbocycles. The SMILES string of the molecule is CNc1ccc(NC(C)CO)cc1[N+](=O)[O-]. The molecule has 88 valence electrons. The van der Waals surface area contributed by atoms with Crippen molar-refractivity contribution < 1.29 is 10.0 Å².